The van der Waals surface area contributed by atoms with Crippen LogP contribution in [0.5, 0.6) is 5.75 Å². The van der Waals surface area contributed by atoms with Gasteiger partial charge in [-0.2, -0.15) is 4.39 Å². The molecule has 0 aromatic carbocycles. The van der Waals surface area contributed by atoms with Gasteiger partial charge in [-0.1, -0.05) is 11.6 Å². The molecule has 0 amide bonds. The number of ether oxygens (including phenoxy) is 1. The number of nitrogens with zero attached hydrogens (tertiary/aromatic N) is 1. The van der Waals surface area contributed by atoms with E-state index in [4.69, 9.17) is 16.3 Å². The molecular formula is C6H5ClFNO. The molecule has 0 spiro atoms. The quantitative estimate of drug-likeness (QED) is 0.587. The van der Waals surface area contributed by atoms with Crippen LogP contribution in [0.2, 0.25) is 5.02 Å². The van der Waals surface area contributed by atoms with Crippen LogP contribution >= 0.6 is 11.6 Å². The van der Waals surface area contributed by atoms with E-state index in [0.717, 1.165) is 6.07 Å². The third-order valence-corrected chi connectivity index (χ3v) is 1.30. The Kier molecular flexibility index (Phi) is 2.06. The van der Waals surface area contributed by atoms with Crippen molar-refractivity contribution in [3.8, 4) is 5.75 Å². The summed E-state index contributed by atoms with van der Waals surface area (Å²) in [7, 11) is 1.45. The Morgan fingerprint density at radius 2 is 2.40 bits per heavy atom. The summed E-state index contributed by atoms with van der Waals surface area (Å²) in [6, 6.07) is 1.10. The molecule has 1 aromatic rings. The SMILES string of the molecule is COc1cnc(F)cc1Cl. The lowest BCUT2D eigenvalue weighted by Gasteiger charge is -1.99. The van der Waals surface area contributed by atoms with Gasteiger partial charge < -0.3 is 4.74 Å². The van der Waals surface area contributed by atoms with Crippen molar-refractivity contribution in [1.29, 1.82) is 0 Å². The predicted molar refractivity (Wildman–Crippen MR) is 35.8 cm³/mol. The molecule has 4 heteroatoms. The molecule has 10 heavy (non-hydrogen) atoms. The minimum Gasteiger partial charge on any atom is -0.494 e. The molecular weight excluding hydrogens is 157 g/mol. The molecule has 0 aliphatic rings. The summed E-state index contributed by atoms with van der Waals surface area (Å²) in [4.78, 5) is 3.33. The van der Waals surface area contributed by atoms with Crippen LogP contribution in [-0.2, 0) is 0 Å². The van der Waals surface area contributed by atoms with E-state index in [2.05, 4.69) is 4.98 Å². The normalized spacial score (nSPS) is 9.50. The molecule has 1 aromatic heterocycles. The van der Waals surface area contributed by atoms with Crippen molar-refractivity contribution in [3.05, 3.63) is 23.2 Å². The third-order valence-electron chi connectivity index (χ3n) is 1.01. The van der Waals surface area contributed by atoms with Crippen molar-refractivity contribution in [2.75, 3.05) is 7.11 Å². The van der Waals surface area contributed by atoms with Gasteiger partial charge in [0.2, 0.25) is 5.95 Å². The Hall–Kier alpha value is -0.830. The zero-order chi connectivity index (χ0) is 7.56. The van der Waals surface area contributed by atoms with E-state index in [1.807, 2.05) is 0 Å². The number of pyridine rings is 1. The number of hydrogen-bond donors (Lipinski definition) is 0. The van der Waals surface area contributed by atoms with E-state index >= 15 is 0 Å². The third kappa shape index (κ3) is 1.36. The van der Waals surface area contributed by atoms with Crippen molar-refractivity contribution < 1.29 is 9.13 Å². The highest BCUT2D eigenvalue weighted by atomic mass is 35.5. The van der Waals surface area contributed by atoms with E-state index < -0.39 is 5.95 Å². The molecule has 0 aliphatic carbocycles. The number of hydrogen-bond acceptors (Lipinski definition) is 2. The van der Waals surface area contributed by atoms with Gasteiger partial charge in [-0.25, -0.2) is 4.98 Å². The molecule has 1 heterocycles. The van der Waals surface area contributed by atoms with Crippen LogP contribution < -0.4 is 4.74 Å². The summed E-state index contributed by atoms with van der Waals surface area (Å²) < 4.78 is 17.0. The minimum absolute atomic E-state index is 0.231. The summed E-state index contributed by atoms with van der Waals surface area (Å²) in [5, 5.41) is 0.231. The molecule has 0 N–H and O–H groups in total. The highest BCUT2D eigenvalue weighted by Crippen LogP contribution is 2.22. The van der Waals surface area contributed by atoms with E-state index in [0.29, 0.717) is 5.75 Å². The highest BCUT2D eigenvalue weighted by molar-refractivity contribution is 6.31. The van der Waals surface area contributed by atoms with Crippen molar-refractivity contribution >= 4 is 11.6 Å². The Labute approximate surface area is 62.6 Å². The van der Waals surface area contributed by atoms with Crippen LogP contribution in [0.3, 0.4) is 0 Å². The van der Waals surface area contributed by atoms with Crippen LogP contribution in [0.15, 0.2) is 12.3 Å². The Morgan fingerprint density at radius 3 is 2.90 bits per heavy atom. The van der Waals surface area contributed by atoms with Crippen molar-refractivity contribution in [3.63, 3.8) is 0 Å². The molecule has 0 saturated heterocycles. The van der Waals surface area contributed by atoms with E-state index in [-0.39, 0.29) is 5.02 Å². The van der Waals surface area contributed by atoms with Gasteiger partial charge in [0.1, 0.15) is 0 Å². The van der Waals surface area contributed by atoms with Crippen LogP contribution in [0.1, 0.15) is 0 Å². The predicted octanol–water partition coefficient (Wildman–Crippen LogP) is 1.88. The molecule has 54 valence electrons. The molecule has 0 fully saturated rings. The van der Waals surface area contributed by atoms with Crippen LogP contribution in [0.25, 0.3) is 0 Å². The number of halogens is 2. The van der Waals surface area contributed by atoms with E-state index in [1.54, 1.807) is 0 Å². The van der Waals surface area contributed by atoms with Gasteiger partial charge in [0, 0.05) is 6.07 Å². The molecule has 0 saturated carbocycles. The fourth-order valence-corrected chi connectivity index (χ4v) is 0.761. The number of rotatable bonds is 1. The summed E-state index contributed by atoms with van der Waals surface area (Å²) in [6.45, 7) is 0. The zero-order valence-electron chi connectivity index (χ0n) is 5.27. The summed E-state index contributed by atoms with van der Waals surface area (Å²) in [5.41, 5.74) is 0. The topological polar surface area (TPSA) is 22.1 Å². The van der Waals surface area contributed by atoms with Gasteiger partial charge in [-0.05, 0) is 0 Å². The first kappa shape index (κ1) is 7.28. The standard InChI is InChI=1S/C6H5ClFNO/c1-10-5-3-9-6(8)2-4(5)7/h2-3H,1H3. The fourth-order valence-electron chi connectivity index (χ4n) is 0.545. The fraction of sp³-hybridized carbons (Fsp3) is 0.167. The Balaban J connectivity index is 3.07. The smallest absolute Gasteiger partial charge is 0.214 e. The lowest BCUT2D eigenvalue weighted by Crippen LogP contribution is -1.87. The number of methoxy groups -OCH3 is 1. The summed E-state index contributed by atoms with van der Waals surface area (Å²) >= 11 is 5.52. The summed E-state index contributed by atoms with van der Waals surface area (Å²) in [5.74, 6) is -0.228. The maximum Gasteiger partial charge on any atom is 0.214 e. The van der Waals surface area contributed by atoms with E-state index in [9.17, 15) is 4.39 Å². The van der Waals surface area contributed by atoms with Crippen molar-refractivity contribution in [2.45, 2.75) is 0 Å². The molecule has 2 nitrogen and oxygen atoms in total. The molecule has 0 bridgehead atoms. The van der Waals surface area contributed by atoms with Gasteiger partial charge in [-0.15, -0.1) is 0 Å². The van der Waals surface area contributed by atoms with Crippen molar-refractivity contribution in [2.24, 2.45) is 0 Å². The lowest BCUT2D eigenvalue weighted by molar-refractivity contribution is 0.410. The second kappa shape index (κ2) is 2.84. The highest BCUT2D eigenvalue weighted by Gasteiger charge is 2.00. The average molecular weight is 162 g/mol. The molecule has 0 unspecified atom stereocenters. The zero-order valence-corrected chi connectivity index (χ0v) is 6.02. The molecule has 0 aliphatic heterocycles. The first-order valence-corrected chi connectivity index (χ1v) is 2.97. The van der Waals surface area contributed by atoms with Crippen LogP contribution in [0.4, 0.5) is 4.39 Å². The first-order chi connectivity index (χ1) is 4.74. The largest absolute Gasteiger partial charge is 0.494 e. The Bertz CT molecular complexity index is 241. The minimum atomic E-state index is -0.606. The molecule has 0 atom stereocenters. The van der Waals surface area contributed by atoms with Gasteiger partial charge >= 0.3 is 0 Å². The van der Waals surface area contributed by atoms with Gasteiger partial charge in [0.15, 0.2) is 5.75 Å². The lowest BCUT2D eigenvalue weighted by atomic mass is 10.4. The molecule has 1 rings (SSSR count). The molecule has 0 radical (unpaired) electrons. The monoisotopic (exact) mass is 161 g/mol. The van der Waals surface area contributed by atoms with E-state index in [1.165, 1.54) is 13.3 Å². The van der Waals surface area contributed by atoms with Crippen LogP contribution in [0, 0.1) is 5.95 Å². The summed E-state index contributed by atoms with van der Waals surface area (Å²) in [6.07, 6.45) is 1.23. The van der Waals surface area contributed by atoms with Gasteiger partial charge in [0.05, 0.1) is 18.3 Å². The second-order valence-corrected chi connectivity index (χ2v) is 2.05. The van der Waals surface area contributed by atoms with Gasteiger partial charge in [-0.3, -0.25) is 0 Å². The average Bonchev–Trinajstić information content (AvgIpc) is 1.88. The second-order valence-electron chi connectivity index (χ2n) is 1.64. The number of aromatic nitrogens is 1. The van der Waals surface area contributed by atoms with Crippen LogP contribution in [-0.4, -0.2) is 12.1 Å². The van der Waals surface area contributed by atoms with Crippen molar-refractivity contribution in [1.82, 2.24) is 4.98 Å². The Morgan fingerprint density at radius 1 is 1.70 bits per heavy atom. The van der Waals surface area contributed by atoms with Gasteiger partial charge in [0.25, 0.3) is 0 Å². The first-order valence-electron chi connectivity index (χ1n) is 2.59. The maximum absolute atomic E-state index is 12.2. The maximum atomic E-state index is 12.2.